The Morgan fingerprint density at radius 2 is 1.97 bits per heavy atom. The highest BCUT2D eigenvalue weighted by Crippen LogP contribution is 2.37. The number of ether oxygens (including phenoxy) is 2. The van der Waals surface area contributed by atoms with Crippen molar-refractivity contribution in [1.29, 1.82) is 0 Å². The van der Waals surface area contributed by atoms with Gasteiger partial charge in [0.2, 0.25) is 11.8 Å². The molecule has 0 bridgehead atoms. The van der Waals surface area contributed by atoms with Crippen LogP contribution in [0.1, 0.15) is 25.2 Å². The number of amides is 2. The van der Waals surface area contributed by atoms with Gasteiger partial charge in [-0.3, -0.25) is 14.5 Å². The van der Waals surface area contributed by atoms with Gasteiger partial charge in [0, 0.05) is 38.3 Å². The molecule has 0 saturated carbocycles. The SMILES string of the molecule is COc1cc(/C=C/C(=O)N2CCN(CC(=O)Nc3cc(C)on3)CC2)cc(Cl)c1OCC(C)C. The van der Waals surface area contributed by atoms with E-state index in [9.17, 15) is 9.59 Å². The van der Waals surface area contributed by atoms with Gasteiger partial charge in [-0.1, -0.05) is 30.6 Å². The molecule has 1 aromatic carbocycles. The molecule has 0 aliphatic carbocycles. The zero-order chi connectivity index (χ0) is 24.7. The monoisotopic (exact) mass is 490 g/mol. The van der Waals surface area contributed by atoms with Gasteiger partial charge in [0.25, 0.3) is 0 Å². The summed E-state index contributed by atoms with van der Waals surface area (Å²) < 4.78 is 16.1. The third-order valence-electron chi connectivity index (χ3n) is 5.18. The van der Waals surface area contributed by atoms with E-state index in [0.717, 1.165) is 5.56 Å². The van der Waals surface area contributed by atoms with Crippen molar-refractivity contribution >= 4 is 35.3 Å². The van der Waals surface area contributed by atoms with Gasteiger partial charge in [0.1, 0.15) is 5.76 Å². The van der Waals surface area contributed by atoms with Gasteiger partial charge < -0.3 is 24.2 Å². The number of methoxy groups -OCH3 is 1. The van der Waals surface area contributed by atoms with Crippen molar-refractivity contribution in [3.05, 3.63) is 40.6 Å². The summed E-state index contributed by atoms with van der Waals surface area (Å²) in [6.45, 7) is 8.89. The van der Waals surface area contributed by atoms with Crippen LogP contribution in [-0.4, -0.2) is 73.2 Å². The Morgan fingerprint density at radius 1 is 1.24 bits per heavy atom. The second-order valence-electron chi connectivity index (χ2n) is 8.54. The summed E-state index contributed by atoms with van der Waals surface area (Å²) in [6, 6.07) is 5.20. The molecular weight excluding hydrogens is 460 g/mol. The summed E-state index contributed by atoms with van der Waals surface area (Å²) in [6.07, 6.45) is 3.23. The van der Waals surface area contributed by atoms with Crippen LogP contribution in [0.2, 0.25) is 5.02 Å². The lowest BCUT2D eigenvalue weighted by atomic mass is 10.1. The van der Waals surface area contributed by atoms with Gasteiger partial charge in [-0.05, 0) is 36.6 Å². The summed E-state index contributed by atoms with van der Waals surface area (Å²) in [7, 11) is 1.55. The van der Waals surface area contributed by atoms with Gasteiger partial charge in [-0.15, -0.1) is 0 Å². The first-order valence-electron chi connectivity index (χ1n) is 11.2. The summed E-state index contributed by atoms with van der Waals surface area (Å²) in [5, 5.41) is 6.89. The number of aromatic nitrogens is 1. The van der Waals surface area contributed by atoms with Crippen LogP contribution in [0.25, 0.3) is 6.08 Å². The highest BCUT2D eigenvalue weighted by molar-refractivity contribution is 6.32. The standard InChI is InChI=1S/C24H31ClN4O5/c1-16(2)15-33-24-19(25)12-18(13-20(24)32-4)5-6-23(31)29-9-7-28(8-10-29)14-22(30)26-21-11-17(3)34-27-21/h5-6,11-13,16H,7-10,14-15H2,1-4H3,(H,26,27,30)/b6-5+. The lowest BCUT2D eigenvalue weighted by Crippen LogP contribution is -2.50. The number of nitrogens with zero attached hydrogens (tertiary/aromatic N) is 3. The third kappa shape index (κ3) is 7.23. The molecule has 0 radical (unpaired) electrons. The van der Waals surface area contributed by atoms with Gasteiger partial charge >= 0.3 is 0 Å². The fourth-order valence-electron chi connectivity index (χ4n) is 3.44. The van der Waals surface area contributed by atoms with Crippen molar-refractivity contribution < 1.29 is 23.6 Å². The molecule has 2 aromatic rings. The Kier molecular flexibility index (Phi) is 8.95. The first-order chi connectivity index (χ1) is 16.2. The number of piperazine rings is 1. The van der Waals surface area contributed by atoms with Gasteiger partial charge in [0.15, 0.2) is 17.3 Å². The van der Waals surface area contributed by atoms with Crippen LogP contribution >= 0.6 is 11.6 Å². The van der Waals surface area contributed by atoms with E-state index >= 15 is 0 Å². The highest BCUT2D eigenvalue weighted by Gasteiger charge is 2.21. The zero-order valence-electron chi connectivity index (χ0n) is 20.0. The maximum Gasteiger partial charge on any atom is 0.246 e. The summed E-state index contributed by atoms with van der Waals surface area (Å²) in [5.41, 5.74) is 0.741. The molecule has 1 aliphatic rings. The molecular formula is C24H31ClN4O5. The molecule has 1 aromatic heterocycles. The van der Waals surface area contributed by atoms with Gasteiger partial charge in [0.05, 0.1) is 25.3 Å². The molecule has 1 saturated heterocycles. The van der Waals surface area contributed by atoms with Crippen molar-refractivity contribution in [3.8, 4) is 11.5 Å². The molecule has 2 heterocycles. The molecule has 34 heavy (non-hydrogen) atoms. The van der Waals surface area contributed by atoms with E-state index in [1.807, 2.05) is 4.90 Å². The van der Waals surface area contributed by atoms with Crippen molar-refractivity contribution in [2.45, 2.75) is 20.8 Å². The predicted molar refractivity (Wildman–Crippen MR) is 130 cm³/mol. The van der Waals surface area contributed by atoms with Crippen LogP contribution < -0.4 is 14.8 Å². The minimum Gasteiger partial charge on any atom is -0.493 e. The van der Waals surface area contributed by atoms with E-state index < -0.39 is 0 Å². The number of nitrogens with one attached hydrogen (secondary N) is 1. The fourth-order valence-corrected chi connectivity index (χ4v) is 3.71. The van der Waals surface area contributed by atoms with Crippen LogP contribution in [-0.2, 0) is 9.59 Å². The molecule has 1 fully saturated rings. The van der Waals surface area contributed by atoms with Crippen molar-refractivity contribution in [1.82, 2.24) is 15.0 Å². The van der Waals surface area contributed by atoms with E-state index in [2.05, 4.69) is 24.3 Å². The fraction of sp³-hybridized carbons (Fsp3) is 0.458. The molecule has 1 N–H and O–H groups in total. The Morgan fingerprint density at radius 3 is 2.59 bits per heavy atom. The molecule has 0 atom stereocenters. The van der Waals surface area contributed by atoms with Crippen molar-refractivity contribution in [2.24, 2.45) is 5.92 Å². The number of carbonyl (C=O) groups is 2. The van der Waals surface area contributed by atoms with E-state index in [1.165, 1.54) is 6.08 Å². The normalized spacial score (nSPS) is 14.6. The number of benzene rings is 1. The average molecular weight is 491 g/mol. The minimum atomic E-state index is -0.167. The Bertz CT molecular complexity index is 1030. The molecule has 184 valence electrons. The smallest absolute Gasteiger partial charge is 0.246 e. The Hall–Kier alpha value is -3.04. The zero-order valence-corrected chi connectivity index (χ0v) is 20.7. The van der Waals surface area contributed by atoms with Gasteiger partial charge in [-0.25, -0.2) is 0 Å². The molecule has 0 unspecified atom stereocenters. The first kappa shape index (κ1) is 25.6. The maximum atomic E-state index is 12.7. The number of hydrogen-bond acceptors (Lipinski definition) is 7. The predicted octanol–water partition coefficient (Wildman–Crippen LogP) is 3.48. The van der Waals surface area contributed by atoms with Crippen LogP contribution in [0, 0.1) is 12.8 Å². The lowest BCUT2D eigenvalue weighted by molar-refractivity contribution is -0.127. The Balaban J connectivity index is 1.51. The number of halogens is 1. The molecule has 10 heteroatoms. The third-order valence-corrected chi connectivity index (χ3v) is 5.46. The van der Waals surface area contributed by atoms with Crippen LogP contribution in [0.5, 0.6) is 11.5 Å². The van der Waals surface area contributed by atoms with E-state index in [-0.39, 0.29) is 18.4 Å². The van der Waals surface area contributed by atoms with E-state index in [1.54, 1.807) is 43.2 Å². The van der Waals surface area contributed by atoms with Crippen molar-refractivity contribution in [3.63, 3.8) is 0 Å². The van der Waals surface area contributed by atoms with E-state index in [4.69, 9.17) is 25.6 Å². The molecule has 1 aliphatic heterocycles. The second kappa shape index (κ2) is 11.9. The largest absolute Gasteiger partial charge is 0.493 e. The number of aryl methyl sites for hydroxylation is 1. The molecule has 9 nitrogen and oxygen atoms in total. The second-order valence-corrected chi connectivity index (χ2v) is 8.95. The molecule has 0 spiro atoms. The number of hydrogen-bond donors (Lipinski definition) is 1. The van der Waals surface area contributed by atoms with E-state index in [0.29, 0.717) is 66.8 Å². The number of carbonyl (C=O) groups excluding carboxylic acids is 2. The van der Waals surface area contributed by atoms with Crippen LogP contribution in [0.3, 0.4) is 0 Å². The number of anilines is 1. The summed E-state index contributed by atoms with van der Waals surface area (Å²) >= 11 is 6.39. The number of rotatable bonds is 9. The van der Waals surface area contributed by atoms with Crippen LogP contribution in [0.4, 0.5) is 5.82 Å². The minimum absolute atomic E-state index is 0.0996. The van der Waals surface area contributed by atoms with Gasteiger partial charge in [-0.2, -0.15) is 0 Å². The topological polar surface area (TPSA) is 97.1 Å². The maximum absolute atomic E-state index is 12.7. The Labute approximate surface area is 204 Å². The summed E-state index contributed by atoms with van der Waals surface area (Å²) in [4.78, 5) is 28.6. The van der Waals surface area contributed by atoms with Crippen LogP contribution in [0.15, 0.2) is 28.8 Å². The van der Waals surface area contributed by atoms with Crippen molar-refractivity contribution in [2.75, 3.05) is 51.8 Å². The quantitative estimate of drug-likeness (QED) is 0.537. The first-order valence-corrected chi connectivity index (χ1v) is 11.6. The molecule has 2 amide bonds. The summed E-state index contributed by atoms with van der Waals surface area (Å²) in [5.74, 6) is 2.14. The highest BCUT2D eigenvalue weighted by atomic mass is 35.5. The average Bonchev–Trinajstić information content (AvgIpc) is 3.20. The lowest BCUT2D eigenvalue weighted by Gasteiger charge is -2.33. The molecule has 3 rings (SSSR count).